The normalized spacial score (nSPS) is 51.5. The van der Waals surface area contributed by atoms with Gasteiger partial charge in [-0.3, -0.25) is 0 Å². The van der Waals surface area contributed by atoms with Crippen molar-refractivity contribution in [1.29, 1.82) is 0 Å². The van der Waals surface area contributed by atoms with Gasteiger partial charge in [0.1, 0.15) is 98.2 Å². The summed E-state index contributed by atoms with van der Waals surface area (Å²) in [6.07, 6.45) is -32.3. The first-order valence-corrected chi connectivity index (χ1v) is 14.1. The van der Waals surface area contributed by atoms with Crippen LogP contribution in [-0.4, -0.2) is 226 Å². The quantitative estimate of drug-likeness (QED) is 0.0960. The zero-order valence-corrected chi connectivity index (χ0v) is 24.0. The second-order valence-electron chi connectivity index (χ2n) is 11.2. The Kier molecular flexibility index (Phi) is 13.9. The molecule has 22 heteroatoms. The van der Waals surface area contributed by atoms with Gasteiger partial charge in [0.2, 0.25) is 5.79 Å². The minimum Gasteiger partial charge on any atom is -0.412 e. The molecule has 0 aromatic rings. The Bertz CT molecular complexity index is 932. The summed E-state index contributed by atoms with van der Waals surface area (Å²) in [6.45, 7) is -4.33. The smallest absolute Gasteiger partial charge is 0.224 e. The highest BCUT2D eigenvalue weighted by atomic mass is 16.8. The lowest BCUT2D eigenvalue weighted by Crippen LogP contribution is -2.66. The third kappa shape index (κ3) is 7.48. The molecule has 0 unspecified atom stereocenters. The molecular weight excluding hydrogens is 640 g/mol. The fraction of sp³-hybridized carbons (Fsp3) is 1.00. The summed E-state index contributed by atoms with van der Waals surface area (Å²) in [5.74, 6) is -2.50. The van der Waals surface area contributed by atoms with Crippen LogP contribution in [0.5, 0.6) is 0 Å². The highest BCUT2D eigenvalue weighted by Crippen LogP contribution is 2.37. The molecule has 0 radical (unpaired) electrons. The molecule has 4 saturated heterocycles. The van der Waals surface area contributed by atoms with E-state index in [1.807, 2.05) is 0 Å². The average Bonchev–Trinajstić information content (AvgIpc) is 3.28. The van der Waals surface area contributed by atoms with Crippen molar-refractivity contribution < 1.29 is 110 Å². The van der Waals surface area contributed by atoms with Crippen molar-refractivity contribution in [3.8, 4) is 0 Å². The third-order valence-electron chi connectivity index (χ3n) is 8.28. The van der Waals surface area contributed by atoms with Crippen molar-refractivity contribution in [2.75, 3.05) is 33.0 Å². The molecule has 272 valence electrons. The molecule has 0 bridgehead atoms. The monoisotopic (exact) mass is 684 g/mol. The predicted octanol–water partition coefficient (Wildman–Crippen LogP) is -10.6. The number of hydrogen-bond acceptors (Lipinski definition) is 21. The lowest BCUT2D eigenvalue weighted by atomic mass is 9.97. The van der Waals surface area contributed by atoms with Gasteiger partial charge < -0.3 is 110 Å². The van der Waals surface area contributed by atoms with Crippen LogP contribution in [0, 0.1) is 0 Å². The van der Waals surface area contributed by atoms with E-state index in [2.05, 4.69) is 0 Å². The molecule has 46 heavy (non-hydrogen) atoms. The van der Waals surface area contributed by atoms with Crippen molar-refractivity contribution in [2.24, 2.45) is 0 Å². The van der Waals surface area contributed by atoms with Crippen LogP contribution in [0.25, 0.3) is 0 Å². The number of rotatable bonds is 11. The first-order valence-electron chi connectivity index (χ1n) is 14.1. The van der Waals surface area contributed by atoms with Crippen molar-refractivity contribution >= 4 is 0 Å². The minimum atomic E-state index is -2.50. The van der Waals surface area contributed by atoms with E-state index in [-0.39, 0.29) is 5.48 Å². The highest BCUT2D eigenvalue weighted by molar-refractivity contribution is 4.99. The Hall–Kier alpha value is -0.880. The maximum absolute atomic E-state index is 10.9. The SMILES string of the molecule is O.OC[C@H]1O[C@H](OC[C@H]2O[C@H](O[C@H]3[C@@H](O[C@]4(CO)O[C@H](CO)[C@@H](O)[C@@H]4O)O[C@H](CO)[C@@H](O)[C@@H]3O)[C@H](O)[C@@H](O)[C@H]2O)[C@H](O)[C@@H](O)[C@H]1O. The summed E-state index contributed by atoms with van der Waals surface area (Å²) in [5, 5.41) is 142. The van der Waals surface area contributed by atoms with Crippen LogP contribution in [0.15, 0.2) is 0 Å². The Balaban J connectivity index is 0.00000576. The van der Waals surface area contributed by atoms with Crippen LogP contribution in [0.4, 0.5) is 0 Å². The molecule has 22 nitrogen and oxygen atoms in total. The Labute approximate surface area is 260 Å². The van der Waals surface area contributed by atoms with Gasteiger partial charge >= 0.3 is 0 Å². The molecule has 4 aliphatic rings. The van der Waals surface area contributed by atoms with Gasteiger partial charge in [-0.25, -0.2) is 0 Å². The summed E-state index contributed by atoms with van der Waals surface area (Å²) >= 11 is 0. The Morgan fingerprint density at radius 3 is 1.50 bits per heavy atom. The molecule has 16 N–H and O–H groups in total. The van der Waals surface area contributed by atoms with E-state index in [1.54, 1.807) is 0 Å². The zero-order valence-electron chi connectivity index (χ0n) is 24.0. The number of hydrogen-bond donors (Lipinski definition) is 14. The highest BCUT2D eigenvalue weighted by Gasteiger charge is 2.59. The number of aliphatic hydroxyl groups is 14. The predicted molar refractivity (Wildman–Crippen MR) is 138 cm³/mol. The number of ether oxygens (including phenoxy) is 7. The molecule has 0 amide bonds. The fourth-order valence-corrected chi connectivity index (χ4v) is 5.48. The van der Waals surface area contributed by atoms with E-state index in [1.165, 1.54) is 0 Å². The Morgan fingerprint density at radius 2 is 0.978 bits per heavy atom. The molecule has 4 heterocycles. The molecule has 4 rings (SSSR count). The van der Waals surface area contributed by atoms with Gasteiger partial charge in [0, 0.05) is 0 Å². The van der Waals surface area contributed by atoms with E-state index in [9.17, 15) is 71.5 Å². The topological polar surface area (TPSA) is 379 Å². The first-order chi connectivity index (χ1) is 21.2. The molecule has 19 atom stereocenters. The van der Waals surface area contributed by atoms with Gasteiger partial charge in [0.25, 0.3) is 0 Å². The Morgan fingerprint density at radius 1 is 0.500 bits per heavy atom. The second kappa shape index (κ2) is 16.2. The second-order valence-corrected chi connectivity index (χ2v) is 11.2. The standard InChI is InChI=1S/C24H42O21.H2O/c25-1-6-10(29)14(33)17(36)21(40-6)39-4-9-12(31)15(34)18(37)22(42-9)43-19-16(35)11(30)7(2-26)41-23(19)45-24(5-28)20(38)13(32)8(3-27)44-24;/h6-23,25-38H,1-5H2;1H2/t6-,7-,8-,9-,10+,11-,12+,13-,14+,15+,16+,17-,18-,19-,20+,21+,22-,23-,24+;/m1./s1. The van der Waals surface area contributed by atoms with E-state index < -0.39 is 149 Å². The van der Waals surface area contributed by atoms with Gasteiger partial charge in [-0.1, -0.05) is 0 Å². The van der Waals surface area contributed by atoms with E-state index in [4.69, 9.17) is 33.2 Å². The lowest BCUT2D eigenvalue weighted by Gasteiger charge is -2.47. The molecule has 0 spiro atoms. The summed E-state index contributed by atoms with van der Waals surface area (Å²) in [5.41, 5.74) is 0. The van der Waals surface area contributed by atoms with Crippen LogP contribution in [0.1, 0.15) is 0 Å². The molecular formula is C24H44O22. The maximum atomic E-state index is 10.9. The van der Waals surface area contributed by atoms with E-state index in [0.717, 1.165) is 0 Å². The summed E-state index contributed by atoms with van der Waals surface area (Å²) < 4.78 is 38.1. The molecule has 4 aliphatic heterocycles. The third-order valence-corrected chi connectivity index (χ3v) is 8.28. The summed E-state index contributed by atoms with van der Waals surface area (Å²) in [6, 6.07) is 0. The minimum absolute atomic E-state index is 0. The van der Waals surface area contributed by atoms with Crippen LogP contribution in [0.2, 0.25) is 0 Å². The van der Waals surface area contributed by atoms with Crippen molar-refractivity contribution in [1.82, 2.24) is 0 Å². The lowest BCUT2D eigenvalue weighted by molar-refractivity contribution is -0.409. The molecule has 0 aromatic heterocycles. The van der Waals surface area contributed by atoms with Crippen molar-refractivity contribution in [2.45, 2.75) is 116 Å². The maximum Gasteiger partial charge on any atom is 0.224 e. The first kappa shape index (κ1) is 39.6. The van der Waals surface area contributed by atoms with E-state index in [0.29, 0.717) is 0 Å². The molecule has 0 aliphatic carbocycles. The number of aliphatic hydroxyl groups excluding tert-OH is 14. The fourth-order valence-electron chi connectivity index (χ4n) is 5.48. The van der Waals surface area contributed by atoms with Crippen LogP contribution < -0.4 is 0 Å². The average molecular weight is 685 g/mol. The summed E-state index contributed by atoms with van der Waals surface area (Å²) in [4.78, 5) is 0. The molecule has 4 fully saturated rings. The summed E-state index contributed by atoms with van der Waals surface area (Å²) in [7, 11) is 0. The molecule has 0 saturated carbocycles. The van der Waals surface area contributed by atoms with Gasteiger partial charge in [0.05, 0.1) is 26.4 Å². The van der Waals surface area contributed by atoms with Crippen molar-refractivity contribution in [3.05, 3.63) is 0 Å². The van der Waals surface area contributed by atoms with Crippen LogP contribution in [0.3, 0.4) is 0 Å². The largest absolute Gasteiger partial charge is 0.412 e. The van der Waals surface area contributed by atoms with Crippen LogP contribution >= 0.6 is 0 Å². The zero-order chi connectivity index (χ0) is 33.4. The van der Waals surface area contributed by atoms with Gasteiger partial charge in [-0.15, -0.1) is 0 Å². The van der Waals surface area contributed by atoms with Crippen LogP contribution in [-0.2, 0) is 33.2 Å². The molecule has 0 aromatic carbocycles. The van der Waals surface area contributed by atoms with Gasteiger partial charge in [-0.05, 0) is 0 Å². The van der Waals surface area contributed by atoms with Gasteiger partial charge in [-0.2, -0.15) is 0 Å². The van der Waals surface area contributed by atoms with E-state index >= 15 is 0 Å². The van der Waals surface area contributed by atoms with Gasteiger partial charge in [0.15, 0.2) is 18.9 Å². The van der Waals surface area contributed by atoms with Crippen molar-refractivity contribution in [3.63, 3.8) is 0 Å².